The van der Waals surface area contributed by atoms with Gasteiger partial charge < -0.3 is 14.4 Å². The van der Waals surface area contributed by atoms with Gasteiger partial charge >= 0.3 is 0 Å². The Morgan fingerprint density at radius 3 is 2.68 bits per heavy atom. The van der Waals surface area contributed by atoms with Crippen LogP contribution in [0, 0.1) is 19.8 Å². The van der Waals surface area contributed by atoms with Crippen molar-refractivity contribution in [2.75, 3.05) is 20.3 Å². The predicted molar refractivity (Wildman–Crippen MR) is 106 cm³/mol. The van der Waals surface area contributed by atoms with Crippen molar-refractivity contribution in [3.8, 4) is 5.75 Å². The van der Waals surface area contributed by atoms with Crippen LogP contribution in [0.4, 0.5) is 0 Å². The Morgan fingerprint density at radius 2 is 2.00 bits per heavy atom. The SMILES string of the molecule is COc1ccc2c(c1)CC(C1CCOCC1)N(C(=O)Cn1nc(C)cc1C)C2. The molecule has 2 aliphatic rings. The molecule has 1 amide bonds. The van der Waals surface area contributed by atoms with Gasteiger partial charge in [0.25, 0.3) is 0 Å². The Kier molecular flexibility index (Phi) is 5.40. The summed E-state index contributed by atoms with van der Waals surface area (Å²) in [5.74, 6) is 1.49. The molecule has 2 aromatic rings. The van der Waals surface area contributed by atoms with Crippen molar-refractivity contribution >= 4 is 5.91 Å². The lowest BCUT2D eigenvalue weighted by Gasteiger charge is -2.42. The van der Waals surface area contributed by atoms with Crippen LogP contribution in [-0.4, -0.2) is 47.0 Å². The van der Waals surface area contributed by atoms with Crippen molar-refractivity contribution in [3.63, 3.8) is 0 Å². The molecule has 0 bridgehead atoms. The highest BCUT2D eigenvalue weighted by Crippen LogP contribution is 2.33. The molecule has 28 heavy (non-hydrogen) atoms. The standard InChI is InChI=1S/C22H29N3O3/c1-15-10-16(2)25(23-15)14-22(26)24-13-18-4-5-20(27-3)11-19(18)12-21(24)17-6-8-28-9-7-17/h4-5,10-11,17,21H,6-9,12-14H2,1-3H3. The largest absolute Gasteiger partial charge is 0.497 e. The quantitative estimate of drug-likeness (QED) is 0.815. The first-order chi connectivity index (χ1) is 13.5. The normalized spacial score (nSPS) is 20.1. The van der Waals surface area contributed by atoms with E-state index >= 15 is 0 Å². The van der Waals surface area contributed by atoms with Crippen LogP contribution < -0.4 is 4.74 Å². The lowest BCUT2D eigenvalue weighted by molar-refractivity contribution is -0.138. The number of aromatic nitrogens is 2. The molecule has 0 saturated carbocycles. The molecule has 0 radical (unpaired) electrons. The van der Waals surface area contributed by atoms with Gasteiger partial charge in [-0.05, 0) is 68.4 Å². The molecule has 2 aliphatic heterocycles. The number of hydrogen-bond donors (Lipinski definition) is 0. The number of methoxy groups -OCH3 is 1. The van der Waals surface area contributed by atoms with E-state index in [1.165, 1.54) is 11.1 Å². The van der Waals surface area contributed by atoms with E-state index in [9.17, 15) is 4.79 Å². The number of amides is 1. The van der Waals surface area contributed by atoms with Gasteiger partial charge in [-0.25, -0.2) is 0 Å². The van der Waals surface area contributed by atoms with Crippen molar-refractivity contribution in [1.29, 1.82) is 0 Å². The molecular formula is C22H29N3O3. The number of nitrogens with zero attached hydrogens (tertiary/aromatic N) is 3. The van der Waals surface area contributed by atoms with Crippen molar-refractivity contribution in [3.05, 3.63) is 46.8 Å². The number of carbonyl (C=O) groups excluding carboxylic acids is 1. The van der Waals surface area contributed by atoms with E-state index in [2.05, 4.69) is 22.1 Å². The molecule has 1 fully saturated rings. The molecule has 6 nitrogen and oxygen atoms in total. The summed E-state index contributed by atoms with van der Waals surface area (Å²) in [6, 6.07) is 8.42. The lowest BCUT2D eigenvalue weighted by atomic mass is 9.82. The van der Waals surface area contributed by atoms with Crippen LogP contribution in [0.2, 0.25) is 0 Å². The number of benzene rings is 1. The Labute approximate surface area is 166 Å². The Morgan fingerprint density at radius 1 is 1.21 bits per heavy atom. The molecule has 1 unspecified atom stereocenters. The average molecular weight is 383 g/mol. The maximum Gasteiger partial charge on any atom is 0.244 e. The summed E-state index contributed by atoms with van der Waals surface area (Å²) in [6.07, 6.45) is 2.89. The van der Waals surface area contributed by atoms with Crippen LogP contribution in [0.25, 0.3) is 0 Å². The third-order valence-electron chi connectivity index (χ3n) is 6.10. The molecule has 1 aromatic heterocycles. The molecule has 0 N–H and O–H groups in total. The van der Waals surface area contributed by atoms with E-state index in [-0.39, 0.29) is 11.9 Å². The van der Waals surface area contributed by atoms with E-state index in [1.807, 2.05) is 30.7 Å². The van der Waals surface area contributed by atoms with E-state index in [0.717, 1.165) is 49.6 Å². The molecule has 6 heteroatoms. The molecule has 150 valence electrons. The second-order valence-corrected chi connectivity index (χ2v) is 7.96. The van der Waals surface area contributed by atoms with E-state index in [0.29, 0.717) is 19.0 Å². The van der Waals surface area contributed by atoms with Crippen LogP contribution >= 0.6 is 0 Å². The molecule has 1 saturated heterocycles. The van der Waals surface area contributed by atoms with Gasteiger partial charge in [0.15, 0.2) is 0 Å². The van der Waals surface area contributed by atoms with Crippen LogP contribution in [0.5, 0.6) is 5.75 Å². The Balaban J connectivity index is 1.61. The van der Waals surface area contributed by atoms with Gasteiger partial charge in [0.1, 0.15) is 12.3 Å². The Bertz CT molecular complexity index is 855. The molecular weight excluding hydrogens is 354 g/mol. The summed E-state index contributed by atoms with van der Waals surface area (Å²) >= 11 is 0. The zero-order valence-corrected chi connectivity index (χ0v) is 17.0. The molecule has 1 atom stereocenters. The maximum atomic E-state index is 13.3. The van der Waals surface area contributed by atoms with Crippen molar-refractivity contribution < 1.29 is 14.3 Å². The average Bonchev–Trinajstić information content (AvgIpc) is 3.03. The van der Waals surface area contributed by atoms with Crippen molar-refractivity contribution in [2.24, 2.45) is 5.92 Å². The van der Waals surface area contributed by atoms with Crippen LogP contribution in [0.15, 0.2) is 24.3 Å². The lowest BCUT2D eigenvalue weighted by Crippen LogP contribution is -2.50. The minimum Gasteiger partial charge on any atom is -0.497 e. The van der Waals surface area contributed by atoms with Gasteiger partial charge in [-0.3, -0.25) is 9.48 Å². The molecule has 3 heterocycles. The highest BCUT2D eigenvalue weighted by atomic mass is 16.5. The van der Waals surface area contributed by atoms with Gasteiger partial charge in [0.2, 0.25) is 5.91 Å². The third kappa shape index (κ3) is 3.78. The molecule has 4 rings (SSSR count). The number of hydrogen-bond acceptors (Lipinski definition) is 4. The summed E-state index contributed by atoms with van der Waals surface area (Å²) in [5.41, 5.74) is 4.48. The maximum absolute atomic E-state index is 13.3. The van der Waals surface area contributed by atoms with Crippen LogP contribution in [0.1, 0.15) is 35.4 Å². The first-order valence-electron chi connectivity index (χ1n) is 10.1. The molecule has 0 aliphatic carbocycles. The van der Waals surface area contributed by atoms with Crippen LogP contribution in [0.3, 0.4) is 0 Å². The fourth-order valence-electron chi connectivity index (χ4n) is 4.56. The number of aryl methyl sites for hydroxylation is 2. The van der Waals surface area contributed by atoms with Crippen molar-refractivity contribution in [1.82, 2.24) is 14.7 Å². The number of ether oxygens (including phenoxy) is 2. The zero-order chi connectivity index (χ0) is 19.7. The minimum absolute atomic E-state index is 0.143. The summed E-state index contributed by atoms with van der Waals surface area (Å²) in [7, 11) is 1.70. The van der Waals surface area contributed by atoms with E-state index in [1.54, 1.807) is 7.11 Å². The van der Waals surface area contributed by atoms with E-state index < -0.39 is 0 Å². The second-order valence-electron chi connectivity index (χ2n) is 7.96. The second kappa shape index (κ2) is 7.95. The summed E-state index contributed by atoms with van der Waals surface area (Å²) in [4.78, 5) is 15.4. The fourth-order valence-corrected chi connectivity index (χ4v) is 4.56. The minimum atomic E-state index is 0.143. The smallest absolute Gasteiger partial charge is 0.244 e. The summed E-state index contributed by atoms with van der Waals surface area (Å²) in [6.45, 7) is 6.48. The van der Waals surface area contributed by atoms with Gasteiger partial charge in [0.05, 0.1) is 12.8 Å². The van der Waals surface area contributed by atoms with Gasteiger partial charge in [-0.2, -0.15) is 5.10 Å². The number of rotatable bonds is 4. The number of carbonyl (C=O) groups is 1. The van der Waals surface area contributed by atoms with Crippen molar-refractivity contribution in [2.45, 2.75) is 52.2 Å². The molecule has 0 spiro atoms. The third-order valence-corrected chi connectivity index (χ3v) is 6.10. The zero-order valence-electron chi connectivity index (χ0n) is 17.0. The first-order valence-corrected chi connectivity index (χ1v) is 10.1. The van der Waals surface area contributed by atoms with Gasteiger partial charge in [-0.1, -0.05) is 6.07 Å². The summed E-state index contributed by atoms with van der Waals surface area (Å²) < 4.78 is 12.8. The van der Waals surface area contributed by atoms with Gasteiger partial charge in [0, 0.05) is 31.5 Å². The first kappa shape index (κ1) is 19.0. The topological polar surface area (TPSA) is 56.6 Å². The highest BCUT2D eigenvalue weighted by molar-refractivity contribution is 5.77. The van der Waals surface area contributed by atoms with Crippen LogP contribution in [-0.2, 0) is 29.0 Å². The monoisotopic (exact) mass is 383 g/mol. The predicted octanol–water partition coefficient (Wildman–Crippen LogP) is 2.89. The van der Waals surface area contributed by atoms with Gasteiger partial charge in [-0.15, -0.1) is 0 Å². The summed E-state index contributed by atoms with van der Waals surface area (Å²) in [5, 5.41) is 4.48. The molecule has 1 aromatic carbocycles. The fraction of sp³-hybridized carbons (Fsp3) is 0.545. The number of fused-ring (bicyclic) bond motifs is 1. The van der Waals surface area contributed by atoms with E-state index in [4.69, 9.17) is 9.47 Å². The Hall–Kier alpha value is -2.34. The highest BCUT2D eigenvalue weighted by Gasteiger charge is 2.36.